The Bertz CT molecular complexity index is 969. The molecule has 4 heterocycles. The molecule has 0 unspecified atom stereocenters. The van der Waals surface area contributed by atoms with E-state index in [0.717, 1.165) is 12.4 Å². The smallest absolute Gasteiger partial charge is 0.255 e. The van der Waals surface area contributed by atoms with Gasteiger partial charge in [-0.25, -0.2) is 9.37 Å². The highest BCUT2D eigenvalue weighted by atomic mass is 19.1. The van der Waals surface area contributed by atoms with Crippen LogP contribution in [0.2, 0.25) is 0 Å². The van der Waals surface area contributed by atoms with E-state index in [0.29, 0.717) is 44.0 Å². The third-order valence-corrected chi connectivity index (χ3v) is 5.71. The van der Waals surface area contributed by atoms with Crippen LogP contribution >= 0.6 is 0 Å². The summed E-state index contributed by atoms with van der Waals surface area (Å²) >= 11 is 0. The van der Waals surface area contributed by atoms with E-state index in [4.69, 9.17) is 14.2 Å². The topological polar surface area (TPSA) is 89.9 Å². The second-order valence-electron chi connectivity index (χ2n) is 7.40. The van der Waals surface area contributed by atoms with E-state index in [-0.39, 0.29) is 30.7 Å². The molecule has 0 aromatic carbocycles. The van der Waals surface area contributed by atoms with E-state index in [1.165, 1.54) is 20.4 Å². The number of nitrogens with zero attached hydrogens (tertiary/aromatic N) is 5. The standard InChI is InChI=1S/C20H23F2N5O4/c1-29-17-15(22)11-24-19(25-17)26-5-3-20(30-2,4-6-26)18(28)27-7-8-31-16-13(12-27)9-23-10-14(16)21/h9-11H,3-8,12H2,1-2H3. The number of anilines is 1. The number of ether oxygens (including phenoxy) is 3. The molecule has 31 heavy (non-hydrogen) atoms. The Labute approximate surface area is 178 Å². The van der Waals surface area contributed by atoms with E-state index in [1.54, 1.807) is 4.90 Å². The van der Waals surface area contributed by atoms with Gasteiger partial charge in [-0.15, -0.1) is 0 Å². The van der Waals surface area contributed by atoms with Crippen molar-refractivity contribution in [1.82, 2.24) is 19.9 Å². The van der Waals surface area contributed by atoms with Gasteiger partial charge in [0.25, 0.3) is 11.8 Å². The quantitative estimate of drug-likeness (QED) is 0.715. The molecule has 0 atom stereocenters. The van der Waals surface area contributed by atoms with Crippen molar-refractivity contribution in [1.29, 1.82) is 0 Å². The summed E-state index contributed by atoms with van der Waals surface area (Å²) in [4.78, 5) is 28.9. The number of carbonyl (C=O) groups excluding carboxylic acids is 1. The predicted octanol–water partition coefficient (Wildman–Crippen LogP) is 1.56. The zero-order valence-corrected chi connectivity index (χ0v) is 17.3. The highest BCUT2D eigenvalue weighted by Gasteiger charge is 2.45. The van der Waals surface area contributed by atoms with Crippen LogP contribution in [-0.2, 0) is 16.1 Å². The van der Waals surface area contributed by atoms with Crippen molar-refractivity contribution in [2.75, 3.05) is 45.4 Å². The number of pyridine rings is 1. The van der Waals surface area contributed by atoms with Crippen molar-refractivity contribution >= 4 is 11.9 Å². The molecule has 0 radical (unpaired) electrons. The Hall–Kier alpha value is -3.08. The maximum atomic E-state index is 14.0. The van der Waals surface area contributed by atoms with Gasteiger partial charge in [-0.1, -0.05) is 0 Å². The van der Waals surface area contributed by atoms with Crippen LogP contribution in [-0.4, -0.2) is 71.8 Å². The molecule has 4 rings (SSSR count). The molecule has 2 aliphatic rings. The van der Waals surface area contributed by atoms with Crippen LogP contribution in [0.5, 0.6) is 11.6 Å². The number of aromatic nitrogens is 3. The number of hydrogen-bond donors (Lipinski definition) is 0. The first-order valence-electron chi connectivity index (χ1n) is 9.88. The minimum atomic E-state index is -1.04. The van der Waals surface area contributed by atoms with Crippen molar-refractivity contribution in [2.24, 2.45) is 0 Å². The molecule has 0 N–H and O–H groups in total. The van der Waals surface area contributed by atoms with Gasteiger partial charge in [0.05, 0.1) is 32.6 Å². The number of hydrogen-bond acceptors (Lipinski definition) is 8. The van der Waals surface area contributed by atoms with Crippen LogP contribution in [0.25, 0.3) is 0 Å². The molecule has 0 saturated carbocycles. The van der Waals surface area contributed by atoms with Gasteiger partial charge >= 0.3 is 0 Å². The number of carbonyl (C=O) groups is 1. The van der Waals surface area contributed by atoms with Gasteiger partial charge in [0.15, 0.2) is 11.6 Å². The zero-order valence-electron chi connectivity index (χ0n) is 17.3. The number of methoxy groups -OCH3 is 2. The lowest BCUT2D eigenvalue weighted by Gasteiger charge is -2.41. The van der Waals surface area contributed by atoms with Crippen LogP contribution in [0.3, 0.4) is 0 Å². The van der Waals surface area contributed by atoms with Crippen molar-refractivity contribution in [2.45, 2.75) is 25.0 Å². The first-order chi connectivity index (χ1) is 15.0. The molecule has 166 valence electrons. The lowest BCUT2D eigenvalue weighted by molar-refractivity contribution is -0.158. The van der Waals surface area contributed by atoms with E-state index in [2.05, 4.69) is 15.0 Å². The lowest BCUT2D eigenvalue weighted by Crippen LogP contribution is -2.56. The van der Waals surface area contributed by atoms with E-state index < -0.39 is 17.2 Å². The Morgan fingerprint density at radius 1 is 1.13 bits per heavy atom. The van der Waals surface area contributed by atoms with Gasteiger partial charge < -0.3 is 24.0 Å². The van der Waals surface area contributed by atoms with Crippen LogP contribution in [0.1, 0.15) is 18.4 Å². The summed E-state index contributed by atoms with van der Waals surface area (Å²) in [6.07, 6.45) is 4.43. The van der Waals surface area contributed by atoms with Crippen molar-refractivity contribution in [3.05, 3.63) is 35.8 Å². The lowest BCUT2D eigenvalue weighted by atomic mass is 9.89. The van der Waals surface area contributed by atoms with Crippen molar-refractivity contribution in [3.8, 4) is 11.6 Å². The normalized spacial score (nSPS) is 18.1. The van der Waals surface area contributed by atoms with Crippen molar-refractivity contribution < 1.29 is 27.8 Å². The fourth-order valence-corrected chi connectivity index (χ4v) is 3.95. The fraction of sp³-hybridized carbons (Fsp3) is 0.500. The van der Waals surface area contributed by atoms with Gasteiger partial charge in [0.1, 0.15) is 12.2 Å². The van der Waals surface area contributed by atoms with Crippen LogP contribution in [0, 0.1) is 11.6 Å². The Morgan fingerprint density at radius 2 is 1.90 bits per heavy atom. The van der Waals surface area contributed by atoms with Gasteiger partial charge in [0, 0.05) is 44.8 Å². The first kappa shape index (κ1) is 21.2. The molecule has 0 aliphatic carbocycles. The van der Waals surface area contributed by atoms with E-state index >= 15 is 0 Å². The van der Waals surface area contributed by atoms with E-state index in [1.807, 2.05) is 4.90 Å². The molecular formula is C20H23F2N5O4. The summed E-state index contributed by atoms with van der Waals surface area (Å²) in [7, 11) is 2.85. The Morgan fingerprint density at radius 3 is 2.61 bits per heavy atom. The average Bonchev–Trinajstić information content (AvgIpc) is 3.02. The van der Waals surface area contributed by atoms with Crippen LogP contribution in [0.15, 0.2) is 18.6 Å². The molecule has 11 heteroatoms. The number of piperidine rings is 1. The van der Waals surface area contributed by atoms with Gasteiger partial charge in [-0.05, 0) is 0 Å². The van der Waals surface area contributed by atoms with Gasteiger partial charge in [-0.3, -0.25) is 9.78 Å². The minimum absolute atomic E-state index is 0.131. The summed E-state index contributed by atoms with van der Waals surface area (Å²) in [5, 5.41) is 0. The third kappa shape index (κ3) is 3.97. The summed E-state index contributed by atoms with van der Waals surface area (Å²) in [5.74, 6) is -1.04. The Kier molecular flexibility index (Phi) is 5.86. The molecule has 2 aromatic heterocycles. The minimum Gasteiger partial charge on any atom is -0.488 e. The van der Waals surface area contributed by atoms with Crippen LogP contribution < -0.4 is 14.4 Å². The average molecular weight is 435 g/mol. The maximum Gasteiger partial charge on any atom is 0.255 e. The number of amides is 1. The van der Waals surface area contributed by atoms with E-state index in [9.17, 15) is 13.6 Å². The number of halogens is 2. The molecule has 2 aromatic rings. The fourth-order valence-electron chi connectivity index (χ4n) is 3.95. The monoisotopic (exact) mass is 435 g/mol. The molecule has 0 bridgehead atoms. The summed E-state index contributed by atoms with van der Waals surface area (Å²) in [6.45, 7) is 1.54. The zero-order chi connectivity index (χ0) is 22.0. The molecule has 1 fully saturated rings. The SMILES string of the molecule is COc1nc(N2CCC(OC)(C(=O)N3CCOc4c(F)cncc4C3)CC2)ncc1F. The molecule has 9 nitrogen and oxygen atoms in total. The summed E-state index contributed by atoms with van der Waals surface area (Å²) in [6, 6.07) is 0. The Balaban J connectivity index is 1.49. The third-order valence-electron chi connectivity index (χ3n) is 5.71. The molecule has 1 saturated heterocycles. The summed E-state index contributed by atoms with van der Waals surface area (Å²) < 4.78 is 43.8. The molecule has 0 spiro atoms. The van der Waals surface area contributed by atoms with Gasteiger partial charge in [0.2, 0.25) is 11.8 Å². The second-order valence-corrected chi connectivity index (χ2v) is 7.40. The largest absolute Gasteiger partial charge is 0.488 e. The maximum absolute atomic E-state index is 14.0. The van der Waals surface area contributed by atoms with Crippen LogP contribution in [0.4, 0.5) is 14.7 Å². The van der Waals surface area contributed by atoms with Crippen molar-refractivity contribution in [3.63, 3.8) is 0 Å². The first-order valence-corrected chi connectivity index (χ1v) is 9.88. The predicted molar refractivity (Wildman–Crippen MR) is 105 cm³/mol. The molecular weight excluding hydrogens is 412 g/mol. The summed E-state index contributed by atoms with van der Waals surface area (Å²) in [5.41, 5.74) is -0.521. The highest BCUT2D eigenvalue weighted by Crippen LogP contribution is 2.32. The second kappa shape index (κ2) is 8.58. The number of rotatable bonds is 4. The van der Waals surface area contributed by atoms with Gasteiger partial charge in [-0.2, -0.15) is 9.37 Å². The highest BCUT2D eigenvalue weighted by molar-refractivity contribution is 5.86. The molecule has 1 amide bonds. The molecule has 2 aliphatic heterocycles. The number of fused-ring (bicyclic) bond motifs is 1.